The number of carbonyl (C=O) groups excluding carboxylic acids is 1. The molecule has 0 saturated heterocycles. The molecule has 0 fully saturated rings. The Hall–Kier alpha value is -3.12. The summed E-state index contributed by atoms with van der Waals surface area (Å²) in [6, 6.07) is 15.5. The van der Waals surface area contributed by atoms with Gasteiger partial charge in [-0.3, -0.25) is 4.79 Å². The summed E-state index contributed by atoms with van der Waals surface area (Å²) in [5.41, 5.74) is 4.53. The summed E-state index contributed by atoms with van der Waals surface area (Å²) in [6.07, 6.45) is 4.26. The Labute approximate surface area is 173 Å². The summed E-state index contributed by atoms with van der Waals surface area (Å²) < 4.78 is 5.97. The molecule has 0 unspecified atom stereocenters. The van der Waals surface area contributed by atoms with E-state index in [-0.39, 0.29) is 5.91 Å². The molecule has 0 aliphatic rings. The highest BCUT2D eigenvalue weighted by Crippen LogP contribution is 2.32. The average molecular weight is 404 g/mol. The third-order valence-electron chi connectivity index (χ3n) is 4.77. The van der Waals surface area contributed by atoms with Gasteiger partial charge >= 0.3 is 0 Å². The van der Waals surface area contributed by atoms with Crippen molar-refractivity contribution in [3.8, 4) is 0 Å². The summed E-state index contributed by atoms with van der Waals surface area (Å²) in [5, 5.41) is 4.67. The molecule has 4 rings (SSSR count). The molecule has 0 aliphatic carbocycles. The Morgan fingerprint density at radius 3 is 2.66 bits per heavy atom. The monoisotopic (exact) mass is 403 g/mol. The van der Waals surface area contributed by atoms with E-state index in [4.69, 9.17) is 4.42 Å². The standard InChI is InChI=1S/C23H21N3O2S/c1-3-16-9-6-8-15(2)20(16)26-22(27)21-18(14-29-23-24-12-7-13-25-23)17-10-4-5-11-19(17)28-21/h4-13H,3,14H2,1-2H3,(H,26,27). The minimum Gasteiger partial charge on any atom is -0.451 e. The molecule has 4 aromatic rings. The first kappa shape index (κ1) is 19.2. The van der Waals surface area contributed by atoms with Gasteiger partial charge in [0, 0.05) is 34.8 Å². The Kier molecular flexibility index (Phi) is 5.62. The molecule has 6 heteroatoms. The Morgan fingerprint density at radius 1 is 1.07 bits per heavy atom. The summed E-state index contributed by atoms with van der Waals surface area (Å²) in [6.45, 7) is 4.07. The number of aromatic nitrogens is 2. The van der Waals surface area contributed by atoms with Gasteiger partial charge in [0.25, 0.3) is 5.91 Å². The zero-order valence-corrected chi connectivity index (χ0v) is 17.1. The lowest BCUT2D eigenvalue weighted by Crippen LogP contribution is -2.15. The van der Waals surface area contributed by atoms with Crippen molar-refractivity contribution >= 4 is 34.3 Å². The van der Waals surface area contributed by atoms with Gasteiger partial charge < -0.3 is 9.73 Å². The molecule has 2 aromatic carbocycles. The second-order valence-electron chi connectivity index (χ2n) is 6.64. The summed E-state index contributed by atoms with van der Waals surface area (Å²) >= 11 is 1.48. The number of hydrogen-bond acceptors (Lipinski definition) is 5. The first-order chi connectivity index (χ1) is 14.2. The van der Waals surface area contributed by atoms with E-state index in [0.717, 1.165) is 34.2 Å². The summed E-state index contributed by atoms with van der Waals surface area (Å²) in [5.74, 6) is 0.632. The van der Waals surface area contributed by atoms with E-state index in [9.17, 15) is 4.79 Å². The van der Waals surface area contributed by atoms with Gasteiger partial charge in [0.05, 0.1) is 0 Å². The van der Waals surface area contributed by atoms with Crippen LogP contribution in [0.5, 0.6) is 0 Å². The molecule has 2 heterocycles. The van der Waals surface area contributed by atoms with E-state index in [2.05, 4.69) is 22.2 Å². The van der Waals surface area contributed by atoms with Crippen LogP contribution in [-0.2, 0) is 12.2 Å². The molecule has 1 N–H and O–H groups in total. The molecule has 0 spiro atoms. The number of fused-ring (bicyclic) bond motifs is 1. The molecule has 0 saturated carbocycles. The fraction of sp³-hybridized carbons (Fsp3) is 0.174. The molecule has 0 radical (unpaired) electrons. The van der Waals surface area contributed by atoms with Gasteiger partial charge in [0.15, 0.2) is 10.9 Å². The minimum absolute atomic E-state index is 0.241. The Bertz CT molecular complexity index is 1160. The SMILES string of the molecule is CCc1cccc(C)c1NC(=O)c1oc2ccccc2c1CSc1ncccn1. The molecule has 1 amide bonds. The smallest absolute Gasteiger partial charge is 0.291 e. The van der Waals surface area contributed by atoms with Crippen LogP contribution in [0.1, 0.15) is 34.2 Å². The van der Waals surface area contributed by atoms with Gasteiger partial charge in [-0.2, -0.15) is 0 Å². The van der Waals surface area contributed by atoms with Gasteiger partial charge in [0.2, 0.25) is 0 Å². The number of para-hydroxylation sites is 2. The van der Waals surface area contributed by atoms with Crippen LogP contribution in [0.25, 0.3) is 11.0 Å². The number of benzene rings is 2. The highest BCUT2D eigenvalue weighted by Gasteiger charge is 2.22. The molecular weight excluding hydrogens is 382 g/mol. The second kappa shape index (κ2) is 8.49. The van der Waals surface area contributed by atoms with E-state index < -0.39 is 0 Å². The Morgan fingerprint density at radius 2 is 1.86 bits per heavy atom. The zero-order chi connectivity index (χ0) is 20.2. The topological polar surface area (TPSA) is 68.0 Å². The molecule has 5 nitrogen and oxygen atoms in total. The van der Waals surface area contributed by atoms with Crippen molar-refractivity contribution in [2.45, 2.75) is 31.2 Å². The maximum absolute atomic E-state index is 13.2. The summed E-state index contributed by atoms with van der Waals surface area (Å²) in [4.78, 5) is 21.7. The lowest BCUT2D eigenvalue weighted by molar-refractivity contribution is 0.0997. The van der Waals surface area contributed by atoms with Gasteiger partial charge in [-0.05, 0) is 36.6 Å². The van der Waals surface area contributed by atoms with Crippen molar-refractivity contribution < 1.29 is 9.21 Å². The van der Waals surface area contributed by atoms with E-state index in [0.29, 0.717) is 22.3 Å². The van der Waals surface area contributed by atoms with Crippen molar-refractivity contribution in [3.63, 3.8) is 0 Å². The highest BCUT2D eigenvalue weighted by atomic mass is 32.2. The molecule has 146 valence electrons. The second-order valence-corrected chi connectivity index (χ2v) is 7.59. The molecular formula is C23H21N3O2S. The number of carbonyl (C=O) groups is 1. The highest BCUT2D eigenvalue weighted by molar-refractivity contribution is 7.98. The fourth-order valence-corrected chi connectivity index (χ4v) is 4.13. The van der Waals surface area contributed by atoms with E-state index in [1.54, 1.807) is 18.5 Å². The number of furan rings is 1. The number of thioether (sulfide) groups is 1. The quantitative estimate of drug-likeness (QED) is 0.333. The number of hydrogen-bond donors (Lipinski definition) is 1. The first-order valence-electron chi connectivity index (χ1n) is 9.47. The lowest BCUT2D eigenvalue weighted by Gasteiger charge is -2.12. The third kappa shape index (κ3) is 4.03. The molecule has 0 atom stereocenters. The first-order valence-corrected chi connectivity index (χ1v) is 10.5. The minimum atomic E-state index is -0.241. The van der Waals surface area contributed by atoms with Crippen molar-refractivity contribution in [1.29, 1.82) is 0 Å². The van der Waals surface area contributed by atoms with E-state index in [1.165, 1.54) is 11.8 Å². The van der Waals surface area contributed by atoms with Crippen LogP contribution in [0.3, 0.4) is 0 Å². The maximum Gasteiger partial charge on any atom is 0.291 e. The number of anilines is 1. The number of aryl methyl sites for hydroxylation is 2. The van der Waals surface area contributed by atoms with Gasteiger partial charge in [-0.1, -0.05) is 55.1 Å². The van der Waals surface area contributed by atoms with Crippen LogP contribution in [0.4, 0.5) is 5.69 Å². The molecule has 29 heavy (non-hydrogen) atoms. The lowest BCUT2D eigenvalue weighted by atomic mass is 10.1. The predicted octanol–water partition coefficient (Wildman–Crippen LogP) is 5.64. The summed E-state index contributed by atoms with van der Waals surface area (Å²) in [7, 11) is 0. The van der Waals surface area contributed by atoms with Gasteiger partial charge in [-0.15, -0.1) is 0 Å². The molecule has 2 aromatic heterocycles. The van der Waals surface area contributed by atoms with Crippen LogP contribution in [-0.4, -0.2) is 15.9 Å². The number of amides is 1. The predicted molar refractivity (Wildman–Crippen MR) is 116 cm³/mol. The van der Waals surface area contributed by atoms with Crippen LogP contribution in [0.2, 0.25) is 0 Å². The zero-order valence-electron chi connectivity index (χ0n) is 16.3. The van der Waals surface area contributed by atoms with Crippen LogP contribution >= 0.6 is 11.8 Å². The molecule has 0 aliphatic heterocycles. The van der Waals surface area contributed by atoms with E-state index >= 15 is 0 Å². The number of nitrogens with zero attached hydrogens (tertiary/aromatic N) is 2. The largest absolute Gasteiger partial charge is 0.451 e. The van der Waals surface area contributed by atoms with Crippen molar-refractivity contribution in [2.75, 3.05) is 5.32 Å². The number of nitrogens with one attached hydrogen (secondary N) is 1. The van der Waals surface area contributed by atoms with Crippen molar-refractivity contribution in [2.24, 2.45) is 0 Å². The van der Waals surface area contributed by atoms with Crippen molar-refractivity contribution in [1.82, 2.24) is 9.97 Å². The average Bonchev–Trinajstić information content (AvgIpc) is 3.13. The normalized spacial score (nSPS) is 11.0. The third-order valence-corrected chi connectivity index (χ3v) is 5.67. The molecule has 0 bridgehead atoms. The van der Waals surface area contributed by atoms with Gasteiger partial charge in [-0.25, -0.2) is 9.97 Å². The van der Waals surface area contributed by atoms with Crippen LogP contribution < -0.4 is 5.32 Å². The Balaban J connectivity index is 1.69. The fourth-order valence-electron chi connectivity index (χ4n) is 3.29. The van der Waals surface area contributed by atoms with Crippen LogP contribution in [0, 0.1) is 6.92 Å². The van der Waals surface area contributed by atoms with Gasteiger partial charge in [0.1, 0.15) is 5.58 Å². The maximum atomic E-state index is 13.2. The van der Waals surface area contributed by atoms with Crippen molar-refractivity contribution in [3.05, 3.63) is 83.4 Å². The van der Waals surface area contributed by atoms with Crippen LogP contribution in [0.15, 0.2) is 70.5 Å². The number of rotatable bonds is 6. The van der Waals surface area contributed by atoms with E-state index in [1.807, 2.05) is 49.4 Å².